The zero-order valence-corrected chi connectivity index (χ0v) is 14.2. The normalized spacial score (nSPS) is 20.4. The number of hydrogen-bond donors (Lipinski definition) is 0. The van der Waals surface area contributed by atoms with Gasteiger partial charge in [0.05, 0.1) is 0 Å². The van der Waals surface area contributed by atoms with E-state index in [0.29, 0.717) is 0 Å². The Morgan fingerprint density at radius 3 is 2.90 bits per heavy atom. The summed E-state index contributed by atoms with van der Waals surface area (Å²) in [4.78, 5) is 0. The van der Waals surface area contributed by atoms with Gasteiger partial charge in [-0.2, -0.15) is 0 Å². The summed E-state index contributed by atoms with van der Waals surface area (Å²) >= 11 is 3.86. The highest BCUT2D eigenvalue weighted by Gasteiger charge is 2.21. The van der Waals surface area contributed by atoms with E-state index in [4.69, 9.17) is 0 Å². The summed E-state index contributed by atoms with van der Waals surface area (Å²) in [6, 6.07) is 7.13. The molecule has 2 aliphatic carbocycles. The van der Waals surface area contributed by atoms with Gasteiger partial charge in [-0.1, -0.05) is 47.1 Å². The van der Waals surface area contributed by atoms with Gasteiger partial charge in [0.25, 0.3) is 0 Å². The highest BCUT2D eigenvalue weighted by atomic mass is 79.9. The molecule has 0 spiro atoms. The molecule has 4 rings (SSSR count). The first-order valence-electron chi connectivity index (χ1n) is 8.24. The van der Waals surface area contributed by atoms with Gasteiger partial charge in [-0.25, -0.2) is 0 Å². The fourth-order valence-electron chi connectivity index (χ4n) is 4.22. The Morgan fingerprint density at radius 1 is 1.19 bits per heavy atom. The summed E-state index contributed by atoms with van der Waals surface area (Å²) in [6.45, 7) is 2.33. The van der Waals surface area contributed by atoms with Crippen molar-refractivity contribution in [3.8, 4) is 0 Å². The van der Waals surface area contributed by atoms with E-state index in [1.165, 1.54) is 64.2 Å². The zero-order chi connectivity index (χ0) is 14.4. The van der Waals surface area contributed by atoms with E-state index in [1.54, 1.807) is 11.1 Å². The third-order valence-corrected chi connectivity index (χ3v) is 5.89. The molecule has 21 heavy (non-hydrogen) atoms. The minimum absolute atomic E-state index is 0.761. The van der Waals surface area contributed by atoms with Crippen molar-refractivity contribution in [1.82, 2.24) is 0 Å². The van der Waals surface area contributed by atoms with Gasteiger partial charge in [-0.05, 0) is 82.8 Å². The van der Waals surface area contributed by atoms with Crippen LogP contribution in [0.4, 0.5) is 0 Å². The summed E-state index contributed by atoms with van der Waals surface area (Å²) in [7, 11) is 0. The van der Waals surface area contributed by atoms with Crippen LogP contribution in [0.3, 0.4) is 0 Å². The van der Waals surface area contributed by atoms with E-state index in [0.717, 1.165) is 5.92 Å². The van der Waals surface area contributed by atoms with E-state index in [9.17, 15) is 0 Å². The van der Waals surface area contributed by atoms with Crippen molar-refractivity contribution in [2.24, 2.45) is 0 Å². The van der Waals surface area contributed by atoms with E-state index in [-0.39, 0.29) is 0 Å². The molecule has 0 aromatic heterocycles. The van der Waals surface area contributed by atoms with Crippen LogP contribution in [0.5, 0.6) is 0 Å². The second-order valence-electron chi connectivity index (χ2n) is 6.40. The third-order valence-electron chi connectivity index (χ3n) is 5.26. The molecule has 1 heteroatoms. The Kier molecular flexibility index (Phi) is 3.41. The number of halogens is 1. The Hall–Kier alpha value is -1.08. The van der Waals surface area contributed by atoms with E-state index in [2.05, 4.69) is 53.2 Å². The van der Waals surface area contributed by atoms with Crippen LogP contribution >= 0.6 is 15.9 Å². The molecular formula is C20H21Br. The van der Waals surface area contributed by atoms with Crippen molar-refractivity contribution in [3.63, 3.8) is 0 Å². The van der Waals surface area contributed by atoms with Crippen molar-refractivity contribution in [3.05, 3.63) is 44.2 Å². The highest BCUT2D eigenvalue weighted by molar-refractivity contribution is 9.10. The van der Waals surface area contributed by atoms with Crippen LogP contribution in [0.1, 0.15) is 56.1 Å². The molecule has 0 bridgehead atoms. The number of fused-ring (bicyclic) bond motifs is 5. The first-order chi connectivity index (χ1) is 10.3. The van der Waals surface area contributed by atoms with Crippen LogP contribution in [-0.4, -0.2) is 0 Å². The fraction of sp³-hybridized carbons (Fsp3) is 0.400. The molecule has 0 radical (unpaired) electrons. The first-order valence-corrected chi connectivity index (χ1v) is 9.03. The van der Waals surface area contributed by atoms with Gasteiger partial charge in [0.2, 0.25) is 0 Å². The Morgan fingerprint density at radius 2 is 2.05 bits per heavy atom. The maximum Gasteiger partial charge on any atom is 0.0262 e. The van der Waals surface area contributed by atoms with Gasteiger partial charge < -0.3 is 0 Å². The van der Waals surface area contributed by atoms with E-state index in [1.807, 2.05) is 0 Å². The maximum atomic E-state index is 3.86. The molecule has 0 heterocycles. The predicted molar refractivity (Wildman–Crippen MR) is 95.0 cm³/mol. The molecule has 0 amide bonds. The molecule has 0 saturated carbocycles. The molecule has 108 valence electrons. The van der Waals surface area contributed by atoms with Crippen LogP contribution in [0.15, 0.2) is 22.7 Å². The average molecular weight is 341 g/mol. The smallest absolute Gasteiger partial charge is 0.0262 e. The minimum atomic E-state index is 0.761. The monoisotopic (exact) mass is 340 g/mol. The molecule has 1 atom stereocenters. The van der Waals surface area contributed by atoms with Gasteiger partial charge in [-0.15, -0.1) is 0 Å². The van der Waals surface area contributed by atoms with Gasteiger partial charge in [0, 0.05) is 4.47 Å². The lowest BCUT2D eigenvalue weighted by Crippen LogP contribution is -2.28. The van der Waals surface area contributed by atoms with Crippen LogP contribution in [0, 0.1) is 0 Å². The predicted octanol–water partition coefficient (Wildman–Crippen LogP) is 4.79. The lowest BCUT2D eigenvalue weighted by molar-refractivity contribution is 0.542. The summed E-state index contributed by atoms with van der Waals surface area (Å²) in [5.74, 6) is 0.761. The van der Waals surface area contributed by atoms with Crippen LogP contribution in [0.25, 0.3) is 22.9 Å². The van der Waals surface area contributed by atoms with Crippen molar-refractivity contribution in [1.29, 1.82) is 0 Å². The summed E-state index contributed by atoms with van der Waals surface area (Å²) in [5, 5.41) is 5.80. The molecule has 0 aliphatic heterocycles. The van der Waals surface area contributed by atoms with Gasteiger partial charge in [0.1, 0.15) is 0 Å². The number of rotatable bonds is 1. The Bertz CT molecular complexity index is 829. The quantitative estimate of drug-likeness (QED) is 0.700. The molecule has 0 nitrogen and oxygen atoms in total. The summed E-state index contributed by atoms with van der Waals surface area (Å²) < 4.78 is 1.29. The molecule has 1 unspecified atom stereocenters. The summed E-state index contributed by atoms with van der Waals surface area (Å²) in [5.41, 5.74) is 3.22. The van der Waals surface area contributed by atoms with E-state index < -0.39 is 0 Å². The van der Waals surface area contributed by atoms with Gasteiger partial charge >= 0.3 is 0 Å². The van der Waals surface area contributed by atoms with Crippen molar-refractivity contribution >= 4 is 38.9 Å². The number of benzene rings is 2. The maximum absolute atomic E-state index is 3.86. The third kappa shape index (κ3) is 2.09. The van der Waals surface area contributed by atoms with Crippen LogP contribution < -0.4 is 10.4 Å². The molecule has 2 aliphatic rings. The lowest BCUT2D eigenvalue weighted by atomic mass is 9.79. The van der Waals surface area contributed by atoms with Crippen LogP contribution in [0.2, 0.25) is 0 Å². The van der Waals surface area contributed by atoms with Gasteiger partial charge in [0.15, 0.2) is 0 Å². The Labute approximate surface area is 134 Å². The van der Waals surface area contributed by atoms with Gasteiger partial charge in [-0.3, -0.25) is 0 Å². The second kappa shape index (κ2) is 5.28. The molecule has 2 aromatic rings. The fourth-order valence-corrected chi connectivity index (χ4v) is 4.92. The largest absolute Gasteiger partial charge is 0.0763 e. The molecule has 0 fully saturated rings. The lowest BCUT2D eigenvalue weighted by Gasteiger charge is -2.26. The topological polar surface area (TPSA) is 0 Å². The molecule has 0 N–H and O–H groups in total. The second-order valence-corrected chi connectivity index (χ2v) is 7.25. The van der Waals surface area contributed by atoms with Crippen LogP contribution in [-0.2, 0) is 6.42 Å². The minimum Gasteiger partial charge on any atom is -0.0763 e. The number of aryl methyl sites for hydroxylation is 1. The highest BCUT2D eigenvalue weighted by Crippen LogP contribution is 2.38. The standard InChI is InChI=1S/C20H21Br/c1-2-13-7-5-9-17-16(13)10-11-18-15-8-4-3-6-14(15)12-19(21)20(17)18/h6,8,10-13H,2-5,7,9H2,1H3. The zero-order valence-electron chi connectivity index (χ0n) is 12.6. The average Bonchev–Trinajstić information content (AvgIpc) is 2.53. The first kappa shape index (κ1) is 13.6. The summed E-state index contributed by atoms with van der Waals surface area (Å²) in [6.07, 6.45) is 12.4. The van der Waals surface area contributed by atoms with Crippen molar-refractivity contribution < 1.29 is 0 Å². The van der Waals surface area contributed by atoms with Crippen molar-refractivity contribution in [2.45, 2.75) is 51.4 Å². The SMILES string of the molecule is CCC1CCCc2c1ccc1c3c(cc(Br)c21)=CCCC=3. The number of hydrogen-bond acceptors (Lipinski definition) is 0. The van der Waals surface area contributed by atoms with Crippen molar-refractivity contribution in [2.75, 3.05) is 0 Å². The Balaban J connectivity index is 2.12. The molecular weight excluding hydrogens is 320 g/mol. The van der Waals surface area contributed by atoms with E-state index >= 15 is 0 Å². The molecule has 2 aromatic carbocycles. The molecule has 0 saturated heterocycles.